The number of carbonyl (C=O) groups is 4. The van der Waals surface area contributed by atoms with Gasteiger partial charge < -0.3 is 20.4 Å². The largest absolute Gasteiger partial charge is 0.356 e. The van der Waals surface area contributed by atoms with Crippen LogP contribution in [0.15, 0.2) is 0 Å². The van der Waals surface area contributed by atoms with Crippen LogP contribution in [-0.4, -0.2) is 86.0 Å². The number of nitrogens with one attached hydrogen (secondary N) is 2. The Morgan fingerprint density at radius 2 is 1.49 bits per heavy atom. The van der Waals surface area contributed by atoms with Crippen LogP contribution in [-0.2, 0) is 19.2 Å². The van der Waals surface area contributed by atoms with Gasteiger partial charge in [0.1, 0.15) is 5.78 Å². The SMILES string of the molecule is CC(=O)C(C)C[C@@H](C)NC=O.CC(C)C.CC1(C)C2CN(C(=O)CNC=O)CC21.CN1CC2(CCC2(F)F)C1. The van der Waals surface area contributed by atoms with Crippen molar-refractivity contribution in [1.82, 2.24) is 20.4 Å². The first-order valence-electron chi connectivity index (χ1n) is 14.1. The Labute approximate surface area is 234 Å². The number of halogens is 2. The van der Waals surface area contributed by atoms with E-state index in [-0.39, 0.29) is 36.6 Å². The molecule has 2 aliphatic heterocycles. The molecule has 1 spiro atoms. The zero-order valence-corrected chi connectivity index (χ0v) is 25.5. The summed E-state index contributed by atoms with van der Waals surface area (Å²) < 4.78 is 25.6. The third-order valence-electron chi connectivity index (χ3n) is 8.40. The van der Waals surface area contributed by atoms with Crippen LogP contribution in [0.5, 0.6) is 0 Å². The Kier molecular flexibility index (Phi) is 13.0. The van der Waals surface area contributed by atoms with Crippen LogP contribution in [0.1, 0.15) is 74.7 Å². The minimum Gasteiger partial charge on any atom is -0.356 e. The second-order valence-electron chi connectivity index (χ2n) is 13.2. The summed E-state index contributed by atoms with van der Waals surface area (Å²) in [7, 11) is 1.89. The van der Waals surface area contributed by atoms with Crippen molar-refractivity contribution >= 4 is 24.5 Å². The topological polar surface area (TPSA) is 98.8 Å². The van der Waals surface area contributed by atoms with Crippen molar-refractivity contribution in [3.8, 4) is 0 Å². The van der Waals surface area contributed by atoms with Gasteiger partial charge in [-0.1, -0.05) is 41.5 Å². The van der Waals surface area contributed by atoms with Crippen molar-refractivity contribution in [2.24, 2.45) is 34.5 Å². The molecule has 4 atom stereocenters. The van der Waals surface area contributed by atoms with Crippen LogP contribution in [0.4, 0.5) is 8.78 Å². The van der Waals surface area contributed by atoms with Gasteiger partial charge in [0.25, 0.3) is 5.92 Å². The predicted octanol–water partition coefficient (Wildman–Crippen LogP) is 3.59. The lowest BCUT2D eigenvalue weighted by Crippen LogP contribution is -2.68. The highest BCUT2D eigenvalue weighted by molar-refractivity contribution is 5.80. The highest BCUT2D eigenvalue weighted by Crippen LogP contribution is 2.62. The lowest BCUT2D eigenvalue weighted by Gasteiger charge is -2.59. The Morgan fingerprint density at radius 1 is 0.974 bits per heavy atom. The highest BCUT2D eigenvalue weighted by atomic mass is 19.3. The molecule has 0 aromatic heterocycles. The Balaban J connectivity index is 0.000000277. The van der Waals surface area contributed by atoms with Gasteiger partial charge in [0, 0.05) is 44.6 Å². The quantitative estimate of drug-likeness (QED) is 0.444. The highest BCUT2D eigenvalue weighted by Gasteiger charge is 2.66. The number of hydrogen-bond donors (Lipinski definition) is 2. The number of alkyl halides is 2. The fourth-order valence-electron chi connectivity index (χ4n) is 5.50. The van der Waals surface area contributed by atoms with Gasteiger partial charge in [0.15, 0.2) is 0 Å². The van der Waals surface area contributed by atoms with Crippen LogP contribution in [0, 0.1) is 34.5 Å². The first-order chi connectivity index (χ1) is 17.9. The average molecular weight is 559 g/mol. The minimum absolute atomic E-state index is 0.0393. The van der Waals surface area contributed by atoms with Crippen molar-refractivity contribution < 1.29 is 28.0 Å². The van der Waals surface area contributed by atoms with E-state index in [0.29, 0.717) is 49.6 Å². The Bertz CT molecular complexity index is 813. The van der Waals surface area contributed by atoms with Gasteiger partial charge in [-0.2, -0.15) is 0 Å². The molecule has 4 aliphatic rings. The van der Waals surface area contributed by atoms with Gasteiger partial charge in [-0.3, -0.25) is 19.2 Å². The molecule has 2 saturated carbocycles. The molecule has 0 aromatic rings. The lowest BCUT2D eigenvalue weighted by atomic mass is 9.60. The summed E-state index contributed by atoms with van der Waals surface area (Å²) in [5, 5.41) is 5.00. The lowest BCUT2D eigenvalue weighted by molar-refractivity contribution is -0.254. The maximum Gasteiger partial charge on any atom is 0.256 e. The molecule has 0 aromatic carbocycles. The number of piperidine rings is 1. The second kappa shape index (κ2) is 14.5. The average Bonchev–Trinajstić information content (AvgIpc) is 3.14. The zero-order valence-electron chi connectivity index (χ0n) is 25.5. The van der Waals surface area contributed by atoms with E-state index in [2.05, 4.69) is 45.3 Å². The van der Waals surface area contributed by atoms with E-state index in [0.717, 1.165) is 25.4 Å². The molecule has 3 unspecified atom stereocenters. The maximum absolute atomic E-state index is 12.8. The van der Waals surface area contributed by atoms with Crippen molar-refractivity contribution in [2.45, 2.75) is 86.6 Å². The number of ketones is 1. The van der Waals surface area contributed by atoms with E-state index >= 15 is 0 Å². The van der Waals surface area contributed by atoms with Gasteiger partial charge in [0.05, 0.1) is 12.0 Å². The molecule has 2 saturated heterocycles. The number of Topliss-reactive ketones (excluding diaryl/α,β-unsaturated/α-hetero) is 1. The standard InChI is InChI=1S/C10H16N2O2.C8H15NO2.C7H11F2N.C4H10/c1-10(2)7-4-12(5-8(7)10)9(14)3-11-6-13;1-6(8(3)11)4-7(2)9-5-10;1-10-4-6(5-10)2-3-7(6,8)9;1-4(2)3/h6-8H,3-5H2,1-2H3,(H,11,13);5-7H,4H2,1-3H3,(H,9,10);2-5H2,1H3;4H,1-3H3/t;6?,7-;;/m.1../s1. The van der Waals surface area contributed by atoms with E-state index in [4.69, 9.17) is 0 Å². The first kappa shape index (κ1) is 34.9. The summed E-state index contributed by atoms with van der Waals surface area (Å²) in [4.78, 5) is 46.1. The van der Waals surface area contributed by atoms with Crippen molar-refractivity contribution in [3.05, 3.63) is 0 Å². The second-order valence-corrected chi connectivity index (χ2v) is 13.2. The molecular formula is C29H52F2N4O4. The van der Waals surface area contributed by atoms with E-state index in [1.165, 1.54) is 0 Å². The molecule has 2 N–H and O–H groups in total. The van der Waals surface area contributed by atoms with E-state index < -0.39 is 11.3 Å². The predicted molar refractivity (Wildman–Crippen MR) is 149 cm³/mol. The summed E-state index contributed by atoms with van der Waals surface area (Å²) in [5.74, 6) is 0.104. The molecule has 4 fully saturated rings. The van der Waals surface area contributed by atoms with Gasteiger partial charge in [-0.25, -0.2) is 8.78 Å². The number of nitrogens with zero attached hydrogens (tertiary/aromatic N) is 2. The number of likely N-dealkylation sites (tertiary alicyclic amines) is 2. The van der Waals surface area contributed by atoms with Crippen LogP contribution in [0.2, 0.25) is 0 Å². The summed E-state index contributed by atoms with van der Waals surface area (Å²) >= 11 is 0. The molecule has 0 bridgehead atoms. The Hall–Kier alpha value is -2.10. The summed E-state index contributed by atoms with van der Waals surface area (Å²) in [6.07, 6.45) is 2.79. The monoisotopic (exact) mass is 558 g/mol. The van der Waals surface area contributed by atoms with E-state index in [9.17, 15) is 28.0 Å². The molecular weight excluding hydrogens is 506 g/mol. The molecule has 226 valence electrons. The van der Waals surface area contributed by atoms with Crippen LogP contribution < -0.4 is 10.6 Å². The molecule has 4 rings (SSSR count). The normalized spacial score (nSPS) is 25.8. The first-order valence-corrected chi connectivity index (χ1v) is 14.1. The number of fused-ring (bicyclic) bond motifs is 1. The fourth-order valence-corrected chi connectivity index (χ4v) is 5.50. The van der Waals surface area contributed by atoms with Crippen LogP contribution >= 0.6 is 0 Å². The van der Waals surface area contributed by atoms with Gasteiger partial charge in [-0.05, 0) is 56.9 Å². The summed E-state index contributed by atoms with van der Waals surface area (Å²) in [6.45, 7) is 19.4. The van der Waals surface area contributed by atoms with Gasteiger partial charge >= 0.3 is 0 Å². The van der Waals surface area contributed by atoms with Crippen molar-refractivity contribution in [2.75, 3.05) is 39.8 Å². The molecule has 8 nitrogen and oxygen atoms in total. The molecule has 2 heterocycles. The molecule has 39 heavy (non-hydrogen) atoms. The molecule has 2 aliphatic carbocycles. The fraction of sp³-hybridized carbons (Fsp3) is 0.862. The third-order valence-corrected chi connectivity index (χ3v) is 8.40. The minimum atomic E-state index is -2.35. The maximum atomic E-state index is 12.8. The van der Waals surface area contributed by atoms with E-state index in [1.54, 1.807) is 6.92 Å². The number of hydrogen-bond acceptors (Lipinski definition) is 5. The van der Waals surface area contributed by atoms with Gasteiger partial charge in [-0.15, -0.1) is 0 Å². The third kappa shape index (κ3) is 9.80. The molecule has 0 radical (unpaired) electrons. The van der Waals surface area contributed by atoms with Crippen molar-refractivity contribution in [3.63, 3.8) is 0 Å². The molecule has 10 heteroatoms. The number of amides is 3. The summed E-state index contributed by atoms with van der Waals surface area (Å²) in [6, 6.07) is 0.0893. The van der Waals surface area contributed by atoms with E-state index in [1.807, 2.05) is 30.7 Å². The summed E-state index contributed by atoms with van der Waals surface area (Å²) in [5.41, 5.74) is -0.156. The van der Waals surface area contributed by atoms with Crippen LogP contribution in [0.25, 0.3) is 0 Å². The smallest absolute Gasteiger partial charge is 0.256 e. The number of carbonyl (C=O) groups excluding carboxylic acids is 4. The zero-order chi connectivity index (χ0) is 30.2. The number of rotatable bonds is 8. The van der Waals surface area contributed by atoms with Gasteiger partial charge in [0.2, 0.25) is 18.7 Å². The Morgan fingerprint density at radius 3 is 1.79 bits per heavy atom. The van der Waals surface area contributed by atoms with Crippen LogP contribution in [0.3, 0.4) is 0 Å². The van der Waals surface area contributed by atoms with Crippen molar-refractivity contribution in [1.29, 1.82) is 0 Å². The molecule has 3 amide bonds.